The number of primary amides is 1. The highest BCUT2D eigenvalue weighted by Crippen LogP contribution is 2.48. The van der Waals surface area contributed by atoms with Crippen molar-refractivity contribution in [2.45, 2.75) is 43.4 Å². The van der Waals surface area contributed by atoms with E-state index in [-0.39, 0.29) is 30.5 Å². The molecule has 2 aromatic carbocycles. The Morgan fingerprint density at radius 1 is 1.04 bits per heavy atom. The van der Waals surface area contributed by atoms with Crippen LogP contribution in [0, 0.1) is 5.92 Å². The van der Waals surface area contributed by atoms with Gasteiger partial charge in [0.15, 0.2) is 6.61 Å². The zero-order valence-corrected chi connectivity index (χ0v) is 25.8. The summed E-state index contributed by atoms with van der Waals surface area (Å²) >= 11 is 6.01. The number of halogens is 4. The molecule has 3 aromatic rings. The van der Waals surface area contributed by atoms with E-state index in [0.29, 0.717) is 36.4 Å². The maximum atomic E-state index is 13.0. The van der Waals surface area contributed by atoms with Gasteiger partial charge in [-0.25, -0.2) is 4.79 Å². The Hall–Kier alpha value is -5.19. The molecule has 14 nitrogen and oxygen atoms in total. The molecule has 18 heteroatoms. The molecule has 5 rings (SSSR count). The maximum Gasteiger partial charge on any atom is 0.422 e. The fraction of sp³-hybridized carbons (Fsp3) is 0.367. The summed E-state index contributed by atoms with van der Waals surface area (Å²) in [7, 11) is 0. The Morgan fingerprint density at radius 2 is 1.71 bits per heavy atom. The van der Waals surface area contributed by atoms with Gasteiger partial charge in [-0.3, -0.25) is 14.4 Å². The first-order valence-electron chi connectivity index (χ1n) is 14.7. The number of hydrogen-bond acceptors (Lipinski definition) is 10. The van der Waals surface area contributed by atoms with Crippen molar-refractivity contribution in [3.8, 4) is 6.01 Å². The first kappa shape index (κ1) is 34.2. The van der Waals surface area contributed by atoms with E-state index in [1.165, 1.54) is 29.2 Å². The van der Waals surface area contributed by atoms with Gasteiger partial charge in [0.2, 0.25) is 11.9 Å². The number of ether oxygens (including phenoxy) is 1. The Kier molecular flexibility index (Phi) is 9.88. The van der Waals surface area contributed by atoms with Crippen molar-refractivity contribution >= 4 is 52.9 Å². The van der Waals surface area contributed by atoms with E-state index in [9.17, 15) is 37.5 Å². The second-order valence-electron chi connectivity index (χ2n) is 11.4. The molecule has 2 atom stereocenters. The number of benzene rings is 2. The molecule has 6 N–H and O–H groups in total. The fourth-order valence-electron chi connectivity index (χ4n) is 5.34. The van der Waals surface area contributed by atoms with Crippen LogP contribution in [-0.2, 0) is 19.9 Å². The van der Waals surface area contributed by atoms with Gasteiger partial charge < -0.3 is 36.4 Å². The third-order valence-electron chi connectivity index (χ3n) is 7.86. The van der Waals surface area contributed by atoms with Crippen molar-refractivity contribution in [2.24, 2.45) is 11.7 Å². The van der Waals surface area contributed by atoms with Crippen LogP contribution in [0.1, 0.15) is 41.6 Å². The zero-order chi connectivity index (χ0) is 34.6. The number of rotatable bonds is 11. The molecule has 1 saturated carbocycles. The van der Waals surface area contributed by atoms with Crippen LogP contribution in [0.5, 0.6) is 6.01 Å². The van der Waals surface area contributed by atoms with Gasteiger partial charge in [0, 0.05) is 35.3 Å². The zero-order valence-electron chi connectivity index (χ0n) is 25.1. The Bertz CT molecular complexity index is 1690. The summed E-state index contributed by atoms with van der Waals surface area (Å²) in [5, 5.41) is 18.9. The summed E-state index contributed by atoms with van der Waals surface area (Å²) in [6.07, 6.45) is -2.41. The number of aliphatic carboxylic acids is 1. The highest BCUT2D eigenvalue weighted by molar-refractivity contribution is 6.34. The largest absolute Gasteiger partial charge is 0.480 e. The number of carboxylic acid groups (broad SMARTS) is 1. The van der Waals surface area contributed by atoms with E-state index in [2.05, 4.69) is 30.9 Å². The van der Waals surface area contributed by atoms with Gasteiger partial charge in [-0.15, -0.1) is 0 Å². The van der Waals surface area contributed by atoms with Crippen molar-refractivity contribution in [3.05, 3.63) is 64.7 Å². The van der Waals surface area contributed by atoms with Gasteiger partial charge in [0.25, 0.3) is 5.91 Å². The van der Waals surface area contributed by atoms with Crippen LogP contribution in [0.3, 0.4) is 0 Å². The molecular formula is C30H30ClF3N8O6. The highest BCUT2D eigenvalue weighted by Gasteiger charge is 2.45. The van der Waals surface area contributed by atoms with Gasteiger partial charge in [-0.05, 0) is 67.6 Å². The van der Waals surface area contributed by atoms with Crippen molar-refractivity contribution in [2.75, 3.05) is 30.3 Å². The number of nitrogens with zero attached hydrogens (tertiary/aromatic N) is 4. The molecule has 0 spiro atoms. The fourth-order valence-corrected chi connectivity index (χ4v) is 5.46. The van der Waals surface area contributed by atoms with Gasteiger partial charge >= 0.3 is 30.0 Å². The molecule has 2 aliphatic rings. The number of carbonyl (C=O) groups is 4. The summed E-state index contributed by atoms with van der Waals surface area (Å²) < 4.78 is 43.5. The number of amides is 3. The van der Waals surface area contributed by atoms with Crippen LogP contribution < -0.4 is 26.4 Å². The molecule has 0 bridgehead atoms. The van der Waals surface area contributed by atoms with Crippen LogP contribution in [0.2, 0.25) is 5.02 Å². The third kappa shape index (κ3) is 8.58. The second kappa shape index (κ2) is 13.9. The van der Waals surface area contributed by atoms with E-state index in [1.54, 1.807) is 12.1 Å². The molecule has 1 aromatic heterocycles. The van der Waals surface area contributed by atoms with E-state index >= 15 is 0 Å². The predicted octanol–water partition coefficient (Wildman–Crippen LogP) is 3.22. The minimum atomic E-state index is -4.64. The van der Waals surface area contributed by atoms with Crippen LogP contribution in [-0.4, -0.2) is 80.6 Å². The van der Waals surface area contributed by atoms with E-state index < -0.39 is 60.0 Å². The number of carboxylic acids is 1. The minimum Gasteiger partial charge on any atom is -0.480 e. The summed E-state index contributed by atoms with van der Waals surface area (Å²) in [6.45, 7) is -1.45. The lowest BCUT2D eigenvalue weighted by molar-refractivity contribution is -0.154. The molecular weight excluding hydrogens is 661 g/mol. The number of hydrogen-bond donors (Lipinski definition) is 5. The molecule has 3 amide bonds. The number of aromatic nitrogens is 3. The summed E-state index contributed by atoms with van der Waals surface area (Å²) in [5.74, 6) is -4.95. The number of alkyl halides is 3. The molecule has 1 aliphatic carbocycles. The monoisotopic (exact) mass is 690 g/mol. The van der Waals surface area contributed by atoms with Crippen LogP contribution >= 0.6 is 11.6 Å². The Morgan fingerprint density at radius 3 is 2.31 bits per heavy atom. The molecule has 2 heterocycles. The number of carbonyl (C=O) groups excluding carboxylic acids is 3. The van der Waals surface area contributed by atoms with Crippen molar-refractivity contribution in [1.82, 2.24) is 25.2 Å². The molecule has 48 heavy (non-hydrogen) atoms. The average molecular weight is 691 g/mol. The Labute approximate surface area is 276 Å². The molecule has 2 unspecified atom stereocenters. The number of likely N-dealkylation sites (tertiary alicyclic amines) is 1. The SMILES string of the molecule is NC(=O)C(=O)N1CCCC(C(NC(=O)c2ccc(Nc3nc(NC4(c5ccc(Cl)cc5)CC4)nc(OCC(F)(F)F)n3)cc2)C(=O)O)C1. The molecule has 1 saturated heterocycles. The number of nitrogens with one attached hydrogen (secondary N) is 3. The quantitative estimate of drug-likeness (QED) is 0.185. The molecule has 254 valence electrons. The van der Waals surface area contributed by atoms with E-state index in [1.807, 2.05) is 12.1 Å². The standard InChI is InChI=1S/C30H30ClF3N8O6/c31-19-7-5-18(6-8-19)29(11-12-29)41-27-38-26(39-28(40-27)48-15-30(32,33)34)36-20-9-3-16(4-10-20)23(44)37-21(25(46)47)17-2-1-13-42(14-17)24(45)22(35)43/h3-10,17,21H,1-2,11-15H2,(H2,35,43)(H,37,44)(H,46,47)(H2,36,38,39,40,41). The van der Waals surface area contributed by atoms with Gasteiger partial charge in [0.05, 0.1) is 5.54 Å². The maximum absolute atomic E-state index is 13.0. The number of nitrogens with two attached hydrogens (primary N) is 1. The number of piperidine rings is 1. The molecule has 1 aliphatic heterocycles. The van der Waals surface area contributed by atoms with E-state index in [0.717, 1.165) is 5.56 Å². The number of anilines is 3. The van der Waals surface area contributed by atoms with Crippen LogP contribution in [0.4, 0.5) is 30.8 Å². The van der Waals surface area contributed by atoms with E-state index in [4.69, 9.17) is 22.1 Å². The van der Waals surface area contributed by atoms with Crippen molar-refractivity contribution in [1.29, 1.82) is 0 Å². The predicted molar refractivity (Wildman–Crippen MR) is 164 cm³/mol. The average Bonchev–Trinajstić information content (AvgIpc) is 3.82. The third-order valence-corrected chi connectivity index (χ3v) is 8.11. The summed E-state index contributed by atoms with van der Waals surface area (Å²) in [4.78, 5) is 61.8. The second-order valence-corrected chi connectivity index (χ2v) is 11.8. The van der Waals surface area contributed by atoms with Gasteiger partial charge in [-0.2, -0.15) is 28.1 Å². The minimum absolute atomic E-state index is 0.0355. The Balaban J connectivity index is 1.29. The van der Waals surface area contributed by atoms with Crippen LogP contribution in [0.25, 0.3) is 0 Å². The lowest BCUT2D eigenvalue weighted by atomic mass is 9.90. The topological polar surface area (TPSA) is 202 Å². The van der Waals surface area contributed by atoms with Crippen molar-refractivity contribution < 1.29 is 42.2 Å². The lowest BCUT2D eigenvalue weighted by Gasteiger charge is -2.35. The van der Waals surface area contributed by atoms with Crippen molar-refractivity contribution in [3.63, 3.8) is 0 Å². The van der Waals surface area contributed by atoms with Crippen LogP contribution in [0.15, 0.2) is 48.5 Å². The smallest absolute Gasteiger partial charge is 0.422 e. The molecule has 0 radical (unpaired) electrons. The summed E-state index contributed by atoms with van der Waals surface area (Å²) in [5.41, 5.74) is 5.84. The highest BCUT2D eigenvalue weighted by atomic mass is 35.5. The van der Waals surface area contributed by atoms with Gasteiger partial charge in [-0.1, -0.05) is 23.7 Å². The lowest BCUT2D eigenvalue weighted by Crippen LogP contribution is -2.54. The first-order valence-corrected chi connectivity index (χ1v) is 15.1. The first-order chi connectivity index (χ1) is 22.7. The normalized spacial score (nSPS) is 17.5. The molecule has 2 fully saturated rings. The summed E-state index contributed by atoms with van der Waals surface area (Å²) in [6, 6.07) is 10.9. The van der Waals surface area contributed by atoms with Gasteiger partial charge in [0.1, 0.15) is 6.04 Å².